The highest BCUT2D eigenvalue weighted by atomic mass is 32.2. The third-order valence-electron chi connectivity index (χ3n) is 2.69. The smallest absolute Gasteiger partial charge is 0.123 e. The summed E-state index contributed by atoms with van der Waals surface area (Å²) in [7, 11) is 0. The molecule has 1 aliphatic carbocycles. The van der Waals surface area contributed by atoms with Crippen LogP contribution in [0.3, 0.4) is 0 Å². The molecule has 1 fully saturated rings. The van der Waals surface area contributed by atoms with Crippen molar-refractivity contribution < 1.29 is 4.39 Å². The van der Waals surface area contributed by atoms with Crippen molar-refractivity contribution in [3.63, 3.8) is 0 Å². The zero-order valence-electron chi connectivity index (χ0n) is 9.42. The van der Waals surface area contributed by atoms with E-state index in [1.807, 2.05) is 17.8 Å². The molecule has 1 aromatic rings. The first-order valence-electron chi connectivity index (χ1n) is 5.87. The normalized spacial score (nSPS) is 15.3. The molecular weight excluding hydrogens is 221 g/mol. The summed E-state index contributed by atoms with van der Waals surface area (Å²) in [5.41, 5.74) is 1.02. The number of rotatable bonds is 7. The van der Waals surface area contributed by atoms with Crippen LogP contribution in [0.2, 0.25) is 0 Å². The van der Waals surface area contributed by atoms with Gasteiger partial charge in [-0.15, -0.1) is 0 Å². The van der Waals surface area contributed by atoms with Crippen LogP contribution < -0.4 is 5.32 Å². The zero-order chi connectivity index (χ0) is 11.2. The minimum absolute atomic E-state index is 0.151. The highest BCUT2D eigenvalue weighted by molar-refractivity contribution is 7.99. The fourth-order valence-corrected chi connectivity index (χ4v) is 2.68. The van der Waals surface area contributed by atoms with Crippen molar-refractivity contribution in [3.05, 3.63) is 35.6 Å². The Labute approximate surface area is 101 Å². The minimum atomic E-state index is -0.151. The molecule has 0 amide bonds. The number of nitrogens with one attached hydrogen (secondary N) is 1. The standard InChI is InChI=1S/C13H18FNS/c14-13-3-1-2-12(8-13)9-15-6-7-16-10-11-4-5-11/h1-3,8,11,15H,4-7,9-10H2. The summed E-state index contributed by atoms with van der Waals surface area (Å²) in [6.07, 6.45) is 2.87. The lowest BCUT2D eigenvalue weighted by atomic mass is 10.2. The van der Waals surface area contributed by atoms with E-state index in [-0.39, 0.29) is 5.82 Å². The van der Waals surface area contributed by atoms with Crippen LogP contribution in [0, 0.1) is 11.7 Å². The number of hydrogen-bond acceptors (Lipinski definition) is 2. The van der Waals surface area contributed by atoms with E-state index in [1.165, 1.54) is 24.7 Å². The predicted octanol–water partition coefficient (Wildman–Crippen LogP) is 3.06. The molecule has 0 aromatic heterocycles. The summed E-state index contributed by atoms with van der Waals surface area (Å²) in [6, 6.07) is 6.78. The molecule has 0 heterocycles. The monoisotopic (exact) mass is 239 g/mol. The van der Waals surface area contributed by atoms with Gasteiger partial charge in [-0.1, -0.05) is 12.1 Å². The molecule has 0 atom stereocenters. The van der Waals surface area contributed by atoms with Crippen molar-refractivity contribution in [1.82, 2.24) is 5.32 Å². The van der Waals surface area contributed by atoms with E-state index in [0.717, 1.165) is 30.3 Å². The molecule has 0 unspecified atom stereocenters. The second kappa shape index (κ2) is 6.26. The summed E-state index contributed by atoms with van der Waals surface area (Å²) >= 11 is 2.03. The summed E-state index contributed by atoms with van der Waals surface area (Å²) in [5.74, 6) is 3.34. The van der Waals surface area contributed by atoms with Gasteiger partial charge in [-0.3, -0.25) is 0 Å². The van der Waals surface area contributed by atoms with E-state index in [4.69, 9.17) is 0 Å². The van der Waals surface area contributed by atoms with Gasteiger partial charge in [0.25, 0.3) is 0 Å². The topological polar surface area (TPSA) is 12.0 Å². The lowest BCUT2D eigenvalue weighted by Gasteiger charge is -2.04. The van der Waals surface area contributed by atoms with Crippen LogP contribution in [-0.2, 0) is 6.54 Å². The second-order valence-electron chi connectivity index (χ2n) is 4.32. The molecule has 1 N–H and O–H groups in total. The summed E-state index contributed by atoms with van der Waals surface area (Å²) in [5, 5.41) is 3.34. The molecule has 1 aliphatic rings. The van der Waals surface area contributed by atoms with Crippen LogP contribution in [-0.4, -0.2) is 18.1 Å². The predicted molar refractivity (Wildman–Crippen MR) is 68.2 cm³/mol. The van der Waals surface area contributed by atoms with Gasteiger partial charge in [-0.05, 0) is 42.2 Å². The van der Waals surface area contributed by atoms with E-state index in [2.05, 4.69) is 5.32 Å². The van der Waals surface area contributed by atoms with Crippen molar-refractivity contribution in [2.24, 2.45) is 5.92 Å². The van der Waals surface area contributed by atoms with Crippen LogP contribution in [0.1, 0.15) is 18.4 Å². The van der Waals surface area contributed by atoms with Crippen molar-refractivity contribution in [3.8, 4) is 0 Å². The third kappa shape index (κ3) is 4.54. The Morgan fingerprint density at radius 1 is 1.38 bits per heavy atom. The van der Waals surface area contributed by atoms with E-state index >= 15 is 0 Å². The summed E-state index contributed by atoms with van der Waals surface area (Å²) in [4.78, 5) is 0. The molecule has 1 saturated carbocycles. The molecule has 0 saturated heterocycles. The van der Waals surface area contributed by atoms with Crippen LogP contribution >= 0.6 is 11.8 Å². The van der Waals surface area contributed by atoms with Gasteiger partial charge >= 0.3 is 0 Å². The van der Waals surface area contributed by atoms with Crippen LogP contribution in [0.5, 0.6) is 0 Å². The Balaban J connectivity index is 1.53. The molecular formula is C13H18FNS. The highest BCUT2D eigenvalue weighted by Gasteiger charge is 2.20. The van der Waals surface area contributed by atoms with Crippen LogP contribution in [0.15, 0.2) is 24.3 Å². The fourth-order valence-electron chi connectivity index (χ4n) is 1.56. The van der Waals surface area contributed by atoms with Gasteiger partial charge in [-0.25, -0.2) is 4.39 Å². The van der Waals surface area contributed by atoms with Gasteiger partial charge in [0.1, 0.15) is 5.82 Å². The van der Waals surface area contributed by atoms with Crippen molar-refractivity contribution in [2.75, 3.05) is 18.1 Å². The maximum atomic E-state index is 12.9. The van der Waals surface area contributed by atoms with Gasteiger partial charge in [0.2, 0.25) is 0 Å². The second-order valence-corrected chi connectivity index (χ2v) is 5.47. The summed E-state index contributed by atoms with van der Waals surface area (Å²) in [6.45, 7) is 1.77. The van der Waals surface area contributed by atoms with E-state index in [1.54, 1.807) is 12.1 Å². The Hall–Kier alpha value is -0.540. The maximum absolute atomic E-state index is 12.9. The van der Waals surface area contributed by atoms with E-state index < -0.39 is 0 Å². The lowest BCUT2D eigenvalue weighted by molar-refractivity contribution is 0.622. The molecule has 0 radical (unpaired) electrons. The van der Waals surface area contributed by atoms with Gasteiger partial charge in [0.05, 0.1) is 0 Å². The van der Waals surface area contributed by atoms with Gasteiger partial charge < -0.3 is 5.32 Å². The number of thioether (sulfide) groups is 1. The molecule has 3 heteroatoms. The van der Waals surface area contributed by atoms with Gasteiger partial charge in [0.15, 0.2) is 0 Å². The Morgan fingerprint density at radius 3 is 3.00 bits per heavy atom. The minimum Gasteiger partial charge on any atom is -0.312 e. The van der Waals surface area contributed by atoms with Crippen LogP contribution in [0.4, 0.5) is 4.39 Å². The molecule has 1 nitrogen and oxygen atoms in total. The molecule has 0 bridgehead atoms. The van der Waals surface area contributed by atoms with E-state index in [0.29, 0.717) is 0 Å². The van der Waals surface area contributed by atoms with Crippen molar-refractivity contribution >= 4 is 11.8 Å². The average molecular weight is 239 g/mol. The first-order chi connectivity index (χ1) is 7.84. The highest BCUT2D eigenvalue weighted by Crippen LogP contribution is 2.32. The largest absolute Gasteiger partial charge is 0.312 e. The Bertz CT molecular complexity index is 325. The van der Waals surface area contributed by atoms with Gasteiger partial charge in [-0.2, -0.15) is 11.8 Å². The molecule has 88 valence electrons. The van der Waals surface area contributed by atoms with Crippen molar-refractivity contribution in [2.45, 2.75) is 19.4 Å². The fraction of sp³-hybridized carbons (Fsp3) is 0.538. The molecule has 0 aliphatic heterocycles. The third-order valence-corrected chi connectivity index (χ3v) is 3.89. The van der Waals surface area contributed by atoms with E-state index in [9.17, 15) is 4.39 Å². The first-order valence-corrected chi connectivity index (χ1v) is 7.03. The Kier molecular flexibility index (Phi) is 4.67. The number of benzene rings is 1. The molecule has 0 spiro atoms. The van der Waals surface area contributed by atoms with Gasteiger partial charge in [0, 0.05) is 18.8 Å². The average Bonchev–Trinajstić information content (AvgIpc) is 3.07. The quantitative estimate of drug-likeness (QED) is 0.734. The Morgan fingerprint density at radius 2 is 2.25 bits per heavy atom. The lowest BCUT2D eigenvalue weighted by Crippen LogP contribution is -2.16. The maximum Gasteiger partial charge on any atom is 0.123 e. The molecule has 16 heavy (non-hydrogen) atoms. The molecule has 1 aromatic carbocycles. The molecule has 2 rings (SSSR count). The van der Waals surface area contributed by atoms with Crippen molar-refractivity contribution in [1.29, 1.82) is 0 Å². The number of hydrogen-bond donors (Lipinski definition) is 1. The van der Waals surface area contributed by atoms with Crippen LogP contribution in [0.25, 0.3) is 0 Å². The number of halogens is 1. The summed E-state index contributed by atoms with van der Waals surface area (Å²) < 4.78 is 12.9. The SMILES string of the molecule is Fc1cccc(CNCCSCC2CC2)c1. The first kappa shape index (κ1) is 11.9. The zero-order valence-corrected chi connectivity index (χ0v) is 10.2.